The van der Waals surface area contributed by atoms with Crippen LogP contribution in [0.15, 0.2) is 60.7 Å². The zero-order valence-corrected chi connectivity index (χ0v) is 13.5. The minimum atomic E-state index is -0.267. The second-order valence-electron chi connectivity index (χ2n) is 5.96. The predicted octanol–water partition coefficient (Wildman–Crippen LogP) is 3.89. The molecule has 0 N–H and O–H groups in total. The summed E-state index contributed by atoms with van der Waals surface area (Å²) in [6.45, 7) is 4.09. The first-order valence-electron chi connectivity index (χ1n) is 7.81. The van der Waals surface area contributed by atoms with Crippen molar-refractivity contribution in [2.45, 2.75) is 13.8 Å². The van der Waals surface area contributed by atoms with Crippen molar-refractivity contribution in [2.75, 3.05) is 4.90 Å². The van der Waals surface area contributed by atoms with Gasteiger partial charge < -0.3 is 4.57 Å². The van der Waals surface area contributed by atoms with E-state index >= 15 is 0 Å². The Morgan fingerprint density at radius 1 is 0.625 bits per heavy atom. The number of aromatic nitrogens is 1. The molecule has 1 aliphatic rings. The molecule has 0 spiro atoms. The molecule has 1 aromatic heterocycles. The van der Waals surface area contributed by atoms with Crippen LogP contribution >= 0.6 is 0 Å². The van der Waals surface area contributed by atoms with Gasteiger partial charge in [0.1, 0.15) is 0 Å². The number of benzene rings is 2. The number of nitrogens with zero attached hydrogens (tertiary/aromatic N) is 2. The summed E-state index contributed by atoms with van der Waals surface area (Å²) in [5.41, 5.74) is 4.80. The molecule has 3 aromatic rings. The van der Waals surface area contributed by atoms with E-state index in [1.807, 2.05) is 38.1 Å². The van der Waals surface area contributed by atoms with Gasteiger partial charge in [0.05, 0.1) is 16.8 Å². The van der Waals surface area contributed by atoms with Crippen molar-refractivity contribution < 1.29 is 9.59 Å². The molecular weight excluding hydrogens is 300 g/mol. The van der Waals surface area contributed by atoms with Crippen molar-refractivity contribution in [3.63, 3.8) is 0 Å². The van der Waals surface area contributed by atoms with E-state index in [4.69, 9.17) is 0 Å². The Bertz CT molecular complexity index is 913. The Morgan fingerprint density at radius 2 is 1.08 bits per heavy atom. The maximum atomic E-state index is 12.5. The van der Waals surface area contributed by atoms with Crippen LogP contribution in [0.2, 0.25) is 0 Å². The number of carbonyl (C=O) groups excluding carboxylic acids is 2. The van der Waals surface area contributed by atoms with Gasteiger partial charge in [-0.3, -0.25) is 9.59 Å². The van der Waals surface area contributed by atoms with Crippen molar-refractivity contribution in [1.29, 1.82) is 0 Å². The van der Waals surface area contributed by atoms with Crippen molar-refractivity contribution >= 4 is 17.5 Å². The summed E-state index contributed by atoms with van der Waals surface area (Å²) in [6.07, 6.45) is 0. The summed E-state index contributed by atoms with van der Waals surface area (Å²) in [5, 5.41) is 0. The van der Waals surface area contributed by atoms with Crippen molar-refractivity contribution in [1.82, 2.24) is 4.57 Å². The number of fused-ring (bicyclic) bond motifs is 1. The molecule has 2 heterocycles. The molecule has 4 rings (SSSR count). The van der Waals surface area contributed by atoms with E-state index < -0.39 is 0 Å². The summed E-state index contributed by atoms with van der Waals surface area (Å²) in [7, 11) is 0. The van der Waals surface area contributed by atoms with Crippen LogP contribution in [0.5, 0.6) is 0 Å². The van der Waals surface area contributed by atoms with E-state index in [9.17, 15) is 9.59 Å². The smallest absolute Gasteiger partial charge is 0.266 e. The van der Waals surface area contributed by atoms with Gasteiger partial charge in [0, 0.05) is 17.1 Å². The van der Waals surface area contributed by atoms with E-state index in [0.717, 1.165) is 17.1 Å². The molecule has 1 aliphatic heterocycles. The maximum absolute atomic E-state index is 12.5. The van der Waals surface area contributed by atoms with Crippen molar-refractivity contribution in [2.24, 2.45) is 0 Å². The fraction of sp³-hybridized carbons (Fsp3) is 0.100. The summed E-state index contributed by atoms with van der Waals surface area (Å²) >= 11 is 0. The highest BCUT2D eigenvalue weighted by Crippen LogP contribution is 2.29. The lowest BCUT2D eigenvalue weighted by Crippen LogP contribution is -2.29. The number of carbonyl (C=O) groups is 2. The average molecular weight is 316 g/mol. The molecule has 24 heavy (non-hydrogen) atoms. The van der Waals surface area contributed by atoms with Crippen LogP contribution in [0.25, 0.3) is 5.69 Å². The fourth-order valence-corrected chi connectivity index (χ4v) is 3.25. The van der Waals surface area contributed by atoms with E-state index in [2.05, 4.69) is 16.7 Å². The third kappa shape index (κ3) is 2.00. The molecule has 0 saturated carbocycles. The second-order valence-corrected chi connectivity index (χ2v) is 5.96. The lowest BCUT2D eigenvalue weighted by Gasteiger charge is -2.15. The lowest BCUT2D eigenvalue weighted by atomic mass is 10.1. The Kier molecular flexibility index (Phi) is 3.13. The highest BCUT2D eigenvalue weighted by molar-refractivity contribution is 6.34. The Morgan fingerprint density at radius 3 is 1.58 bits per heavy atom. The topological polar surface area (TPSA) is 42.3 Å². The number of rotatable bonds is 2. The molecule has 118 valence electrons. The predicted molar refractivity (Wildman–Crippen MR) is 92.8 cm³/mol. The zero-order valence-electron chi connectivity index (χ0n) is 13.5. The van der Waals surface area contributed by atoms with Crippen LogP contribution in [0.4, 0.5) is 5.69 Å². The van der Waals surface area contributed by atoms with Gasteiger partial charge in [0.15, 0.2) is 0 Å². The molecule has 2 aromatic carbocycles. The number of imide groups is 1. The normalized spacial score (nSPS) is 13.5. The average Bonchev–Trinajstić information content (AvgIpc) is 3.06. The van der Waals surface area contributed by atoms with E-state index in [-0.39, 0.29) is 11.8 Å². The summed E-state index contributed by atoms with van der Waals surface area (Å²) in [6, 6.07) is 18.5. The van der Waals surface area contributed by atoms with Gasteiger partial charge in [-0.1, -0.05) is 12.1 Å². The SMILES string of the molecule is Cc1ccc(C)n1-c1ccc(N2C(=O)c3ccccc3C2=O)cc1. The monoisotopic (exact) mass is 316 g/mol. The van der Waals surface area contributed by atoms with Gasteiger partial charge in [-0.05, 0) is 62.4 Å². The number of anilines is 1. The van der Waals surface area contributed by atoms with Crippen LogP contribution in [0.1, 0.15) is 32.1 Å². The van der Waals surface area contributed by atoms with Crippen LogP contribution in [0, 0.1) is 13.8 Å². The van der Waals surface area contributed by atoms with Crippen LogP contribution in [0.3, 0.4) is 0 Å². The lowest BCUT2D eigenvalue weighted by molar-refractivity contribution is 0.0926. The molecule has 0 radical (unpaired) electrons. The highest BCUT2D eigenvalue weighted by Gasteiger charge is 2.36. The summed E-state index contributed by atoms with van der Waals surface area (Å²) < 4.78 is 2.13. The Hall–Kier alpha value is -3.14. The number of hydrogen-bond donors (Lipinski definition) is 0. The fourth-order valence-electron chi connectivity index (χ4n) is 3.25. The van der Waals surface area contributed by atoms with E-state index in [1.165, 1.54) is 4.90 Å². The van der Waals surface area contributed by atoms with E-state index in [1.54, 1.807) is 24.3 Å². The molecular formula is C20H16N2O2. The maximum Gasteiger partial charge on any atom is 0.266 e. The molecule has 0 saturated heterocycles. The molecule has 0 fully saturated rings. The standard InChI is InChI=1S/C20H16N2O2/c1-13-7-8-14(2)21(13)15-9-11-16(12-10-15)22-19(23)17-5-3-4-6-18(17)20(22)24/h3-12H,1-2H3. The number of aryl methyl sites for hydroxylation is 2. The quantitative estimate of drug-likeness (QED) is 0.673. The van der Waals surface area contributed by atoms with Gasteiger partial charge in [-0.2, -0.15) is 0 Å². The molecule has 0 bridgehead atoms. The highest BCUT2D eigenvalue weighted by atomic mass is 16.2. The van der Waals surface area contributed by atoms with Crippen molar-refractivity contribution in [3.05, 3.63) is 83.2 Å². The minimum absolute atomic E-state index is 0.267. The first-order chi connectivity index (χ1) is 11.6. The molecule has 4 heteroatoms. The van der Waals surface area contributed by atoms with Gasteiger partial charge in [-0.15, -0.1) is 0 Å². The first-order valence-corrected chi connectivity index (χ1v) is 7.81. The zero-order chi connectivity index (χ0) is 16.8. The third-order valence-electron chi connectivity index (χ3n) is 4.43. The molecule has 0 atom stereocenters. The number of hydrogen-bond acceptors (Lipinski definition) is 2. The van der Waals surface area contributed by atoms with Crippen LogP contribution < -0.4 is 4.90 Å². The molecule has 0 aliphatic carbocycles. The van der Waals surface area contributed by atoms with E-state index in [0.29, 0.717) is 16.8 Å². The van der Waals surface area contributed by atoms with Crippen LogP contribution in [-0.4, -0.2) is 16.4 Å². The van der Waals surface area contributed by atoms with Gasteiger partial charge in [0.2, 0.25) is 0 Å². The Labute approximate surface area is 140 Å². The van der Waals surface area contributed by atoms with Gasteiger partial charge >= 0.3 is 0 Å². The second kappa shape index (κ2) is 5.20. The molecule has 2 amide bonds. The summed E-state index contributed by atoms with van der Waals surface area (Å²) in [4.78, 5) is 26.3. The number of amides is 2. The third-order valence-corrected chi connectivity index (χ3v) is 4.43. The summed E-state index contributed by atoms with van der Waals surface area (Å²) in [5.74, 6) is -0.534. The first kappa shape index (κ1) is 14.5. The largest absolute Gasteiger partial charge is 0.319 e. The van der Waals surface area contributed by atoms with Gasteiger partial charge in [-0.25, -0.2) is 4.90 Å². The Balaban J connectivity index is 1.72. The van der Waals surface area contributed by atoms with Gasteiger partial charge in [0.25, 0.3) is 11.8 Å². The van der Waals surface area contributed by atoms with Crippen molar-refractivity contribution in [3.8, 4) is 5.69 Å². The molecule has 4 nitrogen and oxygen atoms in total. The minimum Gasteiger partial charge on any atom is -0.319 e. The molecule has 0 unspecified atom stereocenters. The van der Waals surface area contributed by atoms with Crippen LogP contribution in [-0.2, 0) is 0 Å².